The van der Waals surface area contributed by atoms with Gasteiger partial charge in [-0.2, -0.15) is 0 Å². The smallest absolute Gasteiger partial charge is 0.330 e. The average Bonchev–Trinajstić information content (AvgIpc) is 1.82. The molecule has 0 aliphatic heterocycles. The van der Waals surface area contributed by atoms with E-state index in [-0.39, 0.29) is 0 Å². The fraction of sp³-hybridized carbons (Fsp3) is 0.500. The van der Waals surface area contributed by atoms with Gasteiger partial charge in [-0.25, -0.2) is 4.79 Å². The molecule has 0 rings (SSSR count). The summed E-state index contributed by atoms with van der Waals surface area (Å²) in [5.74, 6) is -0.439. The van der Waals surface area contributed by atoms with Crippen LogP contribution in [-0.2, 0) is 4.79 Å². The summed E-state index contributed by atoms with van der Waals surface area (Å²) in [7, 11) is 0. The topological polar surface area (TPSA) is 37.3 Å². The molecule has 0 spiro atoms. The van der Waals surface area contributed by atoms with Crippen molar-refractivity contribution in [2.45, 2.75) is 20.8 Å². The molecule has 0 bridgehead atoms. The van der Waals surface area contributed by atoms with Crippen LogP contribution in [0.3, 0.4) is 0 Å². The van der Waals surface area contributed by atoms with E-state index in [1.165, 1.54) is 0 Å². The summed E-state index contributed by atoms with van der Waals surface area (Å²) >= 11 is 0. The number of hydrogen-bond acceptors (Lipinski definition) is 1. The van der Waals surface area contributed by atoms with Gasteiger partial charge in [-0.3, -0.25) is 0 Å². The van der Waals surface area contributed by atoms with Crippen molar-refractivity contribution < 1.29 is 9.90 Å². The molecule has 0 aromatic rings. The van der Waals surface area contributed by atoms with E-state index in [9.17, 15) is 4.79 Å². The highest BCUT2D eigenvalue weighted by Gasteiger charge is 1.98. The molecule has 0 aromatic heterocycles. The van der Waals surface area contributed by atoms with Gasteiger partial charge in [0.25, 0.3) is 0 Å². The fourth-order valence-electron chi connectivity index (χ4n) is 0.408. The molecule has 0 amide bonds. The maximum absolute atomic E-state index is 10.2. The summed E-state index contributed by atoms with van der Waals surface area (Å²) in [6.07, 6.45) is 3.50. The Hall–Kier alpha value is -0.790. The molecule has 1 N–H and O–H groups in total. The van der Waals surface area contributed by atoms with Gasteiger partial charge in [0.2, 0.25) is 0 Å². The zero-order chi connectivity index (χ0) is 8.15. The number of hydrogen-bond donors (Lipinski definition) is 1. The van der Waals surface area contributed by atoms with Crippen molar-refractivity contribution in [3.63, 3.8) is 0 Å². The van der Waals surface area contributed by atoms with Crippen LogP contribution in [0.15, 0.2) is 11.6 Å². The monoisotopic (exact) mass is 141 g/mol. The summed E-state index contributed by atoms with van der Waals surface area (Å²) in [4.78, 5) is 10.2. The molecular formula is C8H13O2. The van der Waals surface area contributed by atoms with Crippen LogP contribution in [0, 0.1) is 12.3 Å². The first-order valence-electron chi connectivity index (χ1n) is 3.29. The van der Waals surface area contributed by atoms with Crippen LogP contribution >= 0.6 is 0 Å². The molecule has 0 heterocycles. The molecular weight excluding hydrogens is 128 g/mol. The lowest BCUT2D eigenvalue weighted by atomic mass is 10.1. The molecule has 0 fully saturated rings. The lowest BCUT2D eigenvalue weighted by Gasteiger charge is -1.97. The summed E-state index contributed by atoms with van der Waals surface area (Å²) in [6, 6.07) is 0. The standard InChI is InChI=1S/C8H13O2/c1-6(2)4-5-7(3)8(9)10/h4-6H,1-3H3,(H,9,10). The quantitative estimate of drug-likeness (QED) is 0.609. The van der Waals surface area contributed by atoms with E-state index in [0.717, 1.165) is 0 Å². The molecule has 0 atom stereocenters. The van der Waals surface area contributed by atoms with E-state index in [4.69, 9.17) is 5.11 Å². The van der Waals surface area contributed by atoms with Crippen molar-refractivity contribution in [1.82, 2.24) is 0 Å². The first kappa shape index (κ1) is 9.21. The molecule has 0 saturated heterocycles. The lowest BCUT2D eigenvalue weighted by molar-refractivity contribution is -0.132. The van der Waals surface area contributed by atoms with E-state index >= 15 is 0 Å². The van der Waals surface area contributed by atoms with Gasteiger partial charge >= 0.3 is 5.97 Å². The van der Waals surface area contributed by atoms with Gasteiger partial charge in [0.15, 0.2) is 0 Å². The first-order valence-corrected chi connectivity index (χ1v) is 3.29. The fourth-order valence-corrected chi connectivity index (χ4v) is 0.408. The summed E-state index contributed by atoms with van der Waals surface area (Å²) in [6.45, 7) is 5.60. The van der Waals surface area contributed by atoms with Gasteiger partial charge < -0.3 is 5.11 Å². The largest absolute Gasteiger partial charge is 0.478 e. The number of aliphatic carboxylic acids is 1. The van der Waals surface area contributed by atoms with Gasteiger partial charge in [0, 0.05) is 5.57 Å². The van der Waals surface area contributed by atoms with Crippen LogP contribution in [0.4, 0.5) is 0 Å². The summed E-state index contributed by atoms with van der Waals surface area (Å²) in [5.41, 5.74) is 0.383. The Morgan fingerprint density at radius 2 is 2.00 bits per heavy atom. The maximum atomic E-state index is 10.2. The third-order valence-corrected chi connectivity index (χ3v) is 1.07. The highest BCUT2D eigenvalue weighted by molar-refractivity contribution is 5.85. The number of carboxylic acids is 1. The Morgan fingerprint density at radius 3 is 2.30 bits per heavy atom. The number of allylic oxidation sites excluding steroid dienone is 1. The second-order valence-electron chi connectivity index (χ2n) is 2.59. The van der Waals surface area contributed by atoms with Crippen LogP contribution in [0.2, 0.25) is 0 Å². The Bertz CT molecular complexity index is 145. The molecule has 0 saturated carbocycles. The molecule has 0 aliphatic carbocycles. The number of carbonyl (C=O) groups is 1. The SMILES string of the molecule is CC(=C[CH]C(C)C)C(=O)O. The van der Waals surface area contributed by atoms with E-state index in [1.54, 1.807) is 13.0 Å². The highest BCUT2D eigenvalue weighted by Crippen LogP contribution is 2.02. The van der Waals surface area contributed by atoms with Crippen LogP contribution in [0.5, 0.6) is 0 Å². The van der Waals surface area contributed by atoms with Crippen LogP contribution in [0.25, 0.3) is 0 Å². The Labute approximate surface area is 61.6 Å². The molecule has 0 aliphatic rings. The van der Waals surface area contributed by atoms with E-state index in [0.29, 0.717) is 11.5 Å². The van der Waals surface area contributed by atoms with E-state index in [1.807, 2.05) is 20.3 Å². The van der Waals surface area contributed by atoms with Crippen LogP contribution in [-0.4, -0.2) is 11.1 Å². The third kappa shape index (κ3) is 4.13. The van der Waals surface area contributed by atoms with E-state index in [2.05, 4.69) is 0 Å². The van der Waals surface area contributed by atoms with Gasteiger partial charge in [-0.05, 0) is 19.3 Å². The Kier molecular flexibility index (Phi) is 3.77. The highest BCUT2D eigenvalue weighted by atomic mass is 16.4. The van der Waals surface area contributed by atoms with Gasteiger partial charge in [-0.15, -0.1) is 0 Å². The first-order chi connectivity index (χ1) is 4.54. The van der Waals surface area contributed by atoms with Crippen molar-refractivity contribution in [1.29, 1.82) is 0 Å². The van der Waals surface area contributed by atoms with Crippen molar-refractivity contribution >= 4 is 5.97 Å². The molecule has 57 valence electrons. The number of carboxylic acid groups (broad SMARTS) is 1. The van der Waals surface area contributed by atoms with Gasteiger partial charge in [0.05, 0.1) is 0 Å². The van der Waals surface area contributed by atoms with Crippen LogP contribution in [0.1, 0.15) is 20.8 Å². The molecule has 10 heavy (non-hydrogen) atoms. The molecule has 1 radical (unpaired) electrons. The molecule has 2 heteroatoms. The summed E-state index contributed by atoms with van der Waals surface area (Å²) in [5, 5.41) is 8.41. The van der Waals surface area contributed by atoms with Crippen molar-refractivity contribution in [3.05, 3.63) is 18.1 Å². The van der Waals surface area contributed by atoms with Crippen molar-refractivity contribution in [2.24, 2.45) is 5.92 Å². The van der Waals surface area contributed by atoms with Crippen molar-refractivity contribution in [3.8, 4) is 0 Å². The molecule has 0 aromatic carbocycles. The predicted molar refractivity (Wildman–Crippen MR) is 40.5 cm³/mol. The normalized spacial score (nSPS) is 12.2. The van der Waals surface area contributed by atoms with Crippen molar-refractivity contribution in [2.75, 3.05) is 0 Å². The lowest BCUT2D eigenvalue weighted by Crippen LogP contribution is -1.97. The third-order valence-electron chi connectivity index (χ3n) is 1.07. The molecule has 2 nitrogen and oxygen atoms in total. The van der Waals surface area contributed by atoms with Crippen LogP contribution < -0.4 is 0 Å². The minimum Gasteiger partial charge on any atom is -0.478 e. The molecule has 0 unspecified atom stereocenters. The minimum absolute atomic E-state index is 0.383. The average molecular weight is 141 g/mol. The maximum Gasteiger partial charge on any atom is 0.330 e. The second kappa shape index (κ2) is 4.09. The number of rotatable bonds is 3. The Balaban J connectivity index is 3.81. The zero-order valence-corrected chi connectivity index (χ0v) is 6.59. The minimum atomic E-state index is -0.850. The van der Waals surface area contributed by atoms with E-state index < -0.39 is 5.97 Å². The second-order valence-corrected chi connectivity index (χ2v) is 2.59. The van der Waals surface area contributed by atoms with Gasteiger partial charge in [-0.1, -0.05) is 19.9 Å². The predicted octanol–water partition coefficient (Wildman–Crippen LogP) is 1.88. The zero-order valence-electron chi connectivity index (χ0n) is 6.59. The summed E-state index contributed by atoms with van der Waals surface area (Å²) < 4.78 is 0. The Morgan fingerprint density at radius 1 is 1.50 bits per heavy atom. The van der Waals surface area contributed by atoms with Gasteiger partial charge in [0.1, 0.15) is 0 Å².